The van der Waals surface area contributed by atoms with Gasteiger partial charge < -0.3 is 9.55 Å². The summed E-state index contributed by atoms with van der Waals surface area (Å²) in [6.45, 7) is 5.02. The van der Waals surface area contributed by atoms with Crippen LogP contribution in [-0.2, 0) is 6.54 Å². The Morgan fingerprint density at radius 3 is 2.93 bits per heavy atom. The molecule has 0 amide bonds. The Morgan fingerprint density at radius 2 is 2.40 bits per heavy atom. The average Bonchev–Trinajstić information content (AvgIpc) is 2.77. The smallest absolute Gasteiger partial charge is 0.177 e. The molecule has 0 aliphatic heterocycles. The number of nitrogens with one attached hydrogen (secondary N) is 1. The molecule has 80 valence electrons. The van der Waals surface area contributed by atoms with E-state index in [0.29, 0.717) is 6.04 Å². The first kappa shape index (κ1) is 10.2. The van der Waals surface area contributed by atoms with Gasteiger partial charge >= 0.3 is 0 Å². The number of aromatic amines is 1. The molecule has 15 heavy (non-hydrogen) atoms. The van der Waals surface area contributed by atoms with Crippen molar-refractivity contribution in [3.8, 4) is 0 Å². The summed E-state index contributed by atoms with van der Waals surface area (Å²) >= 11 is 5.22. The first-order valence-corrected chi connectivity index (χ1v) is 5.33. The van der Waals surface area contributed by atoms with Gasteiger partial charge in [-0.05, 0) is 32.1 Å². The molecule has 2 rings (SSSR count). The highest BCUT2D eigenvalue weighted by molar-refractivity contribution is 7.71. The van der Waals surface area contributed by atoms with Crippen molar-refractivity contribution in [2.45, 2.75) is 26.4 Å². The van der Waals surface area contributed by atoms with Crippen LogP contribution in [0.2, 0.25) is 0 Å². The second-order valence-electron chi connectivity index (χ2n) is 3.68. The van der Waals surface area contributed by atoms with Crippen LogP contribution in [0.5, 0.6) is 0 Å². The molecule has 4 nitrogen and oxygen atoms in total. The van der Waals surface area contributed by atoms with Crippen molar-refractivity contribution in [2.24, 2.45) is 0 Å². The van der Waals surface area contributed by atoms with Gasteiger partial charge in [0, 0.05) is 24.3 Å². The second kappa shape index (κ2) is 4.02. The minimum absolute atomic E-state index is 0.309. The number of hydrogen-bond acceptors (Lipinski definition) is 2. The lowest BCUT2D eigenvalue weighted by molar-refractivity contribution is 0.428. The van der Waals surface area contributed by atoms with E-state index in [1.165, 1.54) is 0 Å². The van der Waals surface area contributed by atoms with Crippen LogP contribution in [0.1, 0.15) is 18.7 Å². The zero-order valence-corrected chi connectivity index (χ0v) is 9.66. The molecular weight excluding hydrogens is 208 g/mol. The third-order valence-corrected chi connectivity index (χ3v) is 2.77. The van der Waals surface area contributed by atoms with E-state index in [4.69, 9.17) is 12.2 Å². The zero-order valence-electron chi connectivity index (χ0n) is 8.84. The Hall–Kier alpha value is -1.36. The SMILES string of the molecule is Cc1c[nH]c(=S)n1C(C)Cn1cccn1. The lowest BCUT2D eigenvalue weighted by Gasteiger charge is -2.15. The van der Waals surface area contributed by atoms with E-state index in [9.17, 15) is 0 Å². The number of nitrogens with zero attached hydrogens (tertiary/aromatic N) is 3. The number of aromatic nitrogens is 4. The number of hydrogen-bond donors (Lipinski definition) is 1. The third kappa shape index (κ3) is 2.02. The average molecular weight is 222 g/mol. The van der Waals surface area contributed by atoms with E-state index in [1.54, 1.807) is 6.20 Å². The van der Waals surface area contributed by atoms with E-state index < -0.39 is 0 Å². The molecule has 0 bridgehead atoms. The first-order valence-electron chi connectivity index (χ1n) is 4.92. The maximum atomic E-state index is 5.22. The molecule has 0 aliphatic carbocycles. The standard InChI is InChI=1S/C10H14N4S/c1-8-6-11-10(15)14(8)9(2)7-13-5-3-4-12-13/h3-6,9H,7H2,1-2H3,(H,11,15). The molecule has 0 spiro atoms. The van der Waals surface area contributed by atoms with Gasteiger partial charge in [0.05, 0.1) is 12.6 Å². The largest absolute Gasteiger partial charge is 0.337 e. The molecule has 2 aromatic rings. The van der Waals surface area contributed by atoms with Gasteiger partial charge in [-0.2, -0.15) is 5.10 Å². The van der Waals surface area contributed by atoms with Crippen molar-refractivity contribution in [3.63, 3.8) is 0 Å². The monoisotopic (exact) mass is 222 g/mol. The van der Waals surface area contributed by atoms with E-state index in [1.807, 2.05) is 30.1 Å². The predicted molar refractivity (Wildman–Crippen MR) is 61.3 cm³/mol. The van der Waals surface area contributed by atoms with Crippen molar-refractivity contribution in [3.05, 3.63) is 35.1 Å². The zero-order chi connectivity index (χ0) is 10.8. The van der Waals surface area contributed by atoms with Crippen LogP contribution >= 0.6 is 12.2 Å². The van der Waals surface area contributed by atoms with Gasteiger partial charge in [0.25, 0.3) is 0 Å². The summed E-state index contributed by atoms with van der Waals surface area (Å²) in [4.78, 5) is 3.05. The molecular formula is C10H14N4S. The summed E-state index contributed by atoms with van der Waals surface area (Å²) in [6, 6.07) is 2.24. The number of H-pyrrole nitrogens is 1. The molecule has 1 N–H and O–H groups in total. The highest BCUT2D eigenvalue weighted by Crippen LogP contribution is 2.12. The summed E-state index contributed by atoms with van der Waals surface area (Å²) in [5.74, 6) is 0. The quantitative estimate of drug-likeness (QED) is 0.809. The highest BCUT2D eigenvalue weighted by atomic mass is 32.1. The molecule has 2 aromatic heterocycles. The topological polar surface area (TPSA) is 38.5 Å². The Labute approximate surface area is 93.6 Å². The van der Waals surface area contributed by atoms with Crippen molar-refractivity contribution in [1.82, 2.24) is 19.3 Å². The van der Waals surface area contributed by atoms with Crippen molar-refractivity contribution >= 4 is 12.2 Å². The predicted octanol–water partition coefficient (Wildman–Crippen LogP) is 2.31. The van der Waals surface area contributed by atoms with Gasteiger partial charge in [-0.15, -0.1) is 0 Å². The second-order valence-corrected chi connectivity index (χ2v) is 4.07. The van der Waals surface area contributed by atoms with Gasteiger partial charge in [0.1, 0.15) is 0 Å². The lowest BCUT2D eigenvalue weighted by atomic mass is 10.3. The summed E-state index contributed by atoms with van der Waals surface area (Å²) in [6.07, 6.45) is 5.68. The van der Waals surface area contributed by atoms with Gasteiger partial charge in [-0.1, -0.05) is 0 Å². The third-order valence-electron chi connectivity index (χ3n) is 2.45. The van der Waals surface area contributed by atoms with Gasteiger partial charge in [0.2, 0.25) is 0 Å². The summed E-state index contributed by atoms with van der Waals surface area (Å²) < 4.78 is 4.79. The Balaban J connectivity index is 2.22. The van der Waals surface area contributed by atoms with Crippen LogP contribution < -0.4 is 0 Å². The maximum Gasteiger partial charge on any atom is 0.177 e. The fraction of sp³-hybridized carbons (Fsp3) is 0.400. The Morgan fingerprint density at radius 1 is 1.60 bits per heavy atom. The minimum atomic E-state index is 0.309. The van der Waals surface area contributed by atoms with Crippen LogP contribution in [-0.4, -0.2) is 19.3 Å². The fourth-order valence-electron chi connectivity index (χ4n) is 1.77. The van der Waals surface area contributed by atoms with E-state index >= 15 is 0 Å². The molecule has 5 heteroatoms. The summed E-state index contributed by atoms with van der Waals surface area (Å²) in [5, 5.41) is 4.18. The molecule has 0 aliphatic rings. The van der Waals surface area contributed by atoms with Gasteiger partial charge in [-0.25, -0.2) is 0 Å². The van der Waals surface area contributed by atoms with Crippen molar-refractivity contribution < 1.29 is 0 Å². The first-order chi connectivity index (χ1) is 7.18. The molecule has 0 fully saturated rings. The Bertz CT molecular complexity index is 480. The fourth-order valence-corrected chi connectivity index (χ4v) is 2.16. The van der Waals surface area contributed by atoms with Crippen LogP contribution in [0.25, 0.3) is 0 Å². The van der Waals surface area contributed by atoms with Crippen molar-refractivity contribution in [1.29, 1.82) is 0 Å². The molecule has 1 atom stereocenters. The van der Waals surface area contributed by atoms with Crippen molar-refractivity contribution in [2.75, 3.05) is 0 Å². The maximum absolute atomic E-state index is 5.22. The number of imidazole rings is 1. The van der Waals surface area contributed by atoms with Crippen LogP contribution in [0.3, 0.4) is 0 Å². The molecule has 0 saturated carbocycles. The number of rotatable bonds is 3. The van der Waals surface area contributed by atoms with Gasteiger partial charge in [0.15, 0.2) is 4.77 Å². The number of aryl methyl sites for hydroxylation is 1. The van der Waals surface area contributed by atoms with E-state index in [0.717, 1.165) is 17.0 Å². The molecule has 2 heterocycles. The van der Waals surface area contributed by atoms with Crippen LogP contribution in [0.15, 0.2) is 24.7 Å². The molecule has 0 radical (unpaired) electrons. The summed E-state index contributed by atoms with van der Waals surface area (Å²) in [7, 11) is 0. The molecule has 1 unspecified atom stereocenters. The lowest BCUT2D eigenvalue weighted by Crippen LogP contribution is -2.14. The van der Waals surface area contributed by atoms with Crippen LogP contribution in [0, 0.1) is 11.7 Å². The van der Waals surface area contributed by atoms with E-state index in [2.05, 4.69) is 21.6 Å². The van der Waals surface area contributed by atoms with Crippen LogP contribution in [0.4, 0.5) is 0 Å². The highest BCUT2D eigenvalue weighted by Gasteiger charge is 2.09. The Kier molecular flexibility index (Phi) is 2.73. The molecule has 0 aromatic carbocycles. The summed E-state index contributed by atoms with van der Waals surface area (Å²) in [5.41, 5.74) is 1.15. The minimum Gasteiger partial charge on any atom is -0.337 e. The van der Waals surface area contributed by atoms with E-state index in [-0.39, 0.29) is 0 Å². The normalized spacial score (nSPS) is 12.9. The molecule has 0 saturated heterocycles. The van der Waals surface area contributed by atoms with Gasteiger partial charge in [-0.3, -0.25) is 4.68 Å².